The number of sulfonamides is 1. The van der Waals surface area contributed by atoms with Gasteiger partial charge in [0.25, 0.3) is 0 Å². The molecule has 37 heavy (non-hydrogen) atoms. The number of benzene rings is 2. The number of ether oxygens (including phenoxy) is 1. The zero-order valence-corrected chi connectivity index (χ0v) is 24.0. The molecule has 0 saturated carbocycles. The number of nitrogens with zero attached hydrogens (tertiary/aromatic N) is 2. The van der Waals surface area contributed by atoms with E-state index in [4.69, 9.17) is 27.9 Å². The number of unbranched alkanes of at least 4 members (excludes halogenated alkanes) is 1. The average molecular weight is 573 g/mol. The fraction of sp³-hybridized carbons (Fsp3) is 0.462. The number of rotatable bonds is 14. The number of para-hydroxylation sites is 2. The van der Waals surface area contributed by atoms with Crippen LogP contribution in [0.15, 0.2) is 42.5 Å². The predicted octanol–water partition coefficient (Wildman–Crippen LogP) is 4.88. The number of halogens is 2. The van der Waals surface area contributed by atoms with Crippen LogP contribution in [0.25, 0.3) is 0 Å². The zero-order valence-electron chi connectivity index (χ0n) is 21.7. The first-order valence-electron chi connectivity index (χ1n) is 12.2. The molecule has 0 aliphatic rings. The molecule has 2 amide bonds. The van der Waals surface area contributed by atoms with Crippen molar-refractivity contribution >= 4 is 50.7 Å². The minimum absolute atomic E-state index is 0.0418. The summed E-state index contributed by atoms with van der Waals surface area (Å²) in [5, 5.41) is 3.56. The molecule has 1 atom stereocenters. The average Bonchev–Trinajstić information content (AvgIpc) is 2.84. The second kappa shape index (κ2) is 14.4. The van der Waals surface area contributed by atoms with Crippen molar-refractivity contribution in [2.24, 2.45) is 0 Å². The van der Waals surface area contributed by atoms with Crippen LogP contribution in [0.5, 0.6) is 5.75 Å². The molecule has 0 saturated heterocycles. The van der Waals surface area contributed by atoms with E-state index in [9.17, 15) is 18.0 Å². The van der Waals surface area contributed by atoms with Crippen LogP contribution in [0.1, 0.15) is 45.6 Å². The summed E-state index contributed by atoms with van der Waals surface area (Å²) in [6.45, 7) is 5.94. The third-order valence-corrected chi connectivity index (χ3v) is 7.53. The molecule has 0 aliphatic heterocycles. The van der Waals surface area contributed by atoms with Crippen LogP contribution >= 0.6 is 23.2 Å². The van der Waals surface area contributed by atoms with Gasteiger partial charge in [-0.2, -0.15) is 0 Å². The highest BCUT2D eigenvalue weighted by Gasteiger charge is 2.32. The molecule has 8 nitrogen and oxygen atoms in total. The summed E-state index contributed by atoms with van der Waals surface area (Å²) < 4.78 is 32.3. The van der Waals surface area contributed by atoms with Crippen LogP contribution in [0.3, 0.4) is 0 Å². The fourth-order valence-corrected chi connectivity index (χ4v) is 4.97. The third-order valence-electron chi connectivity index (χ3n) is 5.67. The summed E-state index contributed by atoms with van der Waals surface area (Å²) in [6, 6.07) is 10.8. The normalized spacial score (nSPS) is 12.1. The van der Waals surface area contributed by atoms with Gasteiger partial charge in [-0.3, -0.25) is 13.9 Å². The number of hydrogen-bond acceptors (Lipinski definition) is 5. The van der Waals surface area contributed by atoms with Crippen molar-refractivity contribution in [3.05, 3.63) is 58.1 Å². The Labute approximate surface area is 229 Å². The summed E-state index contributed by atoms with van der Waals surface area (Å²) in [7, 11) is -3.88. The van der Waals surface area contributed by atoms with E-state index in [2.05, 4.69) is 5.32 Å². The molecule has 2 aromatic carbocycles. The van der Waals surface area contributed by atoms with Gasteiger partial charge < -0.3 is 15.0 Å². The highest BCUT2D eigenvalue weighted by atomic mass is 35.5. The Bertz CT molecular complexity index is 1180. The van der Waals surface area contributed by atoms with Crippen molar-refractivity contribution < 1.29 is 22.7 Å². The van der Waals surface area contributed by atoms with Crippen molar-refractivity contribution in [1.29, 1.82) is 0 Å². The van der Waals surface area contributed by atoms with E-state index in [-0.39, 0.29) is 18.1 Å². The quantitative estimate of drug-likeness (QED) is 0.326. The molecule has 11 heteroatoms. The molecule has 1 N–H and O–H groups in total. The van der Waals surface area contributed by atoms with Gasteiger partial charge in [-0.05, 0) is 49.6 Å². The number of nitrogens with one attached hydrogen (secondary N) is 1. The Morgan fingerprint density at radius 1 is 1.05 bits per heavy atom. The first-order chi connectivity index (χ1) is 17.5. The first-order valence-corrected chi connectivity index (χ1v) is 14.8. The van der Waals surface area contributed by atoms with E-state index < -0.39 is 28.5 Å². The number of hydrogen-bond donors (Lipinski definition) is 1. The highest BCUT2D eigenvalue weighted by Crippen LogP contribution is 2.30. The van der Waals surface area contributed by atoms with Gasteiger partial charge in [0.15, 0.2) is 0 Å². The SMILES string of the molecule is CCCCNC(=O)[C@H](CC)N(Cc1ccc(Cl)c(Cl)c1)C(=O)CN(c1ccccc1OCC)S(C)(=O)=O. The Hall–Kier alpha value is -2.49. The number of anilines is 1. The lowest BCUT2D eigenvalue weighted by atomic mass is 10.1. The standard InChI is InChI=1S/C26H35Cl2N3O5S/c1-5-8-15-29-26(33)22(6-2)30(17-19-13-14-20(27)21(28)16-19)25(32)18-31(37(4,34)35)23-11-9-10-12-24(23)36-7-3/h9-14,16,22H,5-8,15,17-18H2,1-4H3,(H,29,33)/t22-/m0/s1. The zero-order chi connectivity index (χ0) is 27.6. The second-order valence-corrected chi connectivity index (χ2v) is 11.2. The summed E-state index contributed by atoms with van der Waals surface area (Å²) in [6.07, 6.45) is 3.07. The van der Waals surface area contributed by atoms with Crippen LogP contribution in [0, 0.1) is 0 Å². The van der Waals surface area contributed by atoms with Gasteiger partial charge in [0.2, 0.25) is 21.8 Å². The summed E-state index contributed by atoms with van der Waals surface area (Å²) >= 11 is 12.2. The Balaban J connectivity index is 2.47. The smallest absolute Gasteiger partial charge is 0.244 e. The largest absolute Gasteiger partial charge is 0.492 e. The Morgan fingerprint density at radius 2 is 1.76 bits per heavy atom. The molecule has 2 rings (SSSR count). The monoisotopic (exact) mass is 571 g/mol. The molecule has 0 heterocycles. The molecule has 204 valence electrons. The van der Waals surface area contributed by atoms with Crippen LogP contribution in [0.2, 0.25) is 10.0 Å². The van der Waals surface area contributed by atoms with E-state index in [1.165, 1.54) is 4.90 Å². The first kappa shape index (κ1) is 30.7. The van der Waals surface area contributed by atoms with Gasteiger partial charge in [-0.15, -0.1) is 0 Å². The Morgan fingerprint density at radius 3 is 2.35 bits per heavy atom. The van der Waals surface area contributed by atoms with Crippen LogP contribution < -0.4 is 14.4 Å². The molecule has 0 aromatic heterocycles. The van der Waals surface area contributed by atoms with E-state index in [1.54, 1.807) is 56.3 Å². The topological polar surface area (TPSA) is 96.0 Å². The molecule has 0 radical (unpaired) electrons. The van der Waals surface area contributed by atoms with Crippen LogP contribution in [-0.2, 0) is 26.2 Å². The van der Waals surface area contributed by atoms with Gasteiger partial charge in [0, 0.05) is 13.1 Å². The maximum Gasteiger partial charge on any atom is 0.244 e. The lowest BCUT2D eigenvalue weighted by molar-refractivity contribution is -0.140. The molecule has 2 aromatic rings. The van der Waals surface area contributed by atoms with E-state index in [0.717, 1.165) is 23.4 Å². The highest BCUT2D eigenvalue weighted by molar-refractivity contribution is 7.92. The van der Waals surface area contributed by atoms with Crippen molar-refractivity contribution in [2.45, 2.75) is 52.6 Å². The minimum atomic E-state index is -3.88. The summed E-state index contributed by atoms with van der Waals surface area (Å²) in [5.74, 6) is -0.506. The van der Waals surface area contributed by atoms with Crippen LogP contribution in [-0.4, -0.2) is 57.1 Å². The van der Waals surface area contributed by atoms with Gasteiger partial charge in [0.1, 0.15) is 18.3 Å². The number of amides is 2. The van der Waals surface area contributed by atoms with Gasteiger partial charge in [-0.1, -0.05) is 61.7 Å². The lowest BCUT2D eigenvalue weighted by Gasteiger charge is -2.33. The molecule has 0 spiro atoms. The van der Waals surface area contributed by atoms with Crippen molar-refractivity contribution in [1.82, 2.24) is 10.2 Å². The van der Waals surface area contributed by atoms with Crippen LogP contribution in [0.4, 0.5) is 5.69 Å². The molecular formula is C26H35Cl2N3O5S. The number of carbonyl (C=O) groups is 2. The molecule has 0 fully saturated rings. The minimum Gasteiger partial charge on any atom is -0.492 e. The van der Waals surface area contributed by atoms with Crippen molar-refractivity contribution in [2.75, 3.05) is 30.3 Å². The molecule has 0 aliphatic carbocycles. The summed E-state index contributed by atoms with van der Waals surface area (Å²) in [5.41, 5.74) is 0.901. The van der Waals surface area contributed by atoms with Crippen molar-refractivity contribution in [3.63, 3.8) is 0 Å². The number of carbonyl (C=O) groups excluding carboxylic acids is 2. The van der Waals surface area contributed by atoms with Gasteiger partial charge >= 0.3 is 0 Å². The summed E-state index contributed by atoms with van der Waals surface area (Å²) in [4.78, 5) is 28.3. The predicted molar refractivity (Wildman–Crippen MR) is 149 cm³/mol. The van der Waals surface area contributed by atoms with E-state index >= 15 is 0 Å². The lowest BCUT2D eigenvalue weighted by Crippen LogP contribution is -2.52. The van der Waals surface area contributed by atoms with Gasteiger partial charge in [0.05, 0.1) is 28.6 Å². The Kier molecular flexibility index (Phi) is 12.0. The van der Waals surface area contributed by atoms with Crippen molar-refractivity contribution in [3.8, 4) is 5.75 Å². The fourth-order valence-electron chi connectivity index (χ4n) is 3.80. The molecular weight excluding hydrogens is 537 g/mol. The third kappa shape index (κ3) is 8.79. The molecule has 0 bridgehead atoms. The van der Waals surface area contributed by atoms with E-state index in [1.807, 2.05) is 6.92 Å². The second-order valence-electron chi connectivity index (χ2n) is 8.51. The molecule has 0 unspecified atom stereocenters. The van der Waals surface area contributed by atoms with E-state index in [0.29, 0.717) is 40.9 Å². The van der Waals surface area contributed by atoms with Gasteiger partial charge in [-0.25, -0.2) is 8.42 Å². The maximum absolute atomic E-state index is 13.8. The maximum atomic E-state index is 13.8.